The summed E-state index contributed by atoms with van der Waals surface area (Å²) in [6.07, 6.45) is 3.37. The van der Waals surface area contributed by atoms with Gasteiger partial charge in [0.1, 0.15) is 0 Å². The topological polar surface area (TPSA) is 32.7 Å². The first-order chi connectivity index (χ1) is 3.93. The van der Waals surface area contributed by atoms with Gasteiger partial charge in [-0.3, -0.25) is 9.79 Å². The van der Waals surface area contributed by atoms with Gasteiger partial charge in [0.15, 0.2) is 0 Å². The molecule has 3 nitrogen and oxygen atoms in total. The minimum atomic E-state index is 0.794. The van der Waals surface area contributed by atoms with E-state index in [1.165, 1.54) is 0 Å². The summed E-state index contributed by atoms with van der Waals surface area (Å²) >= 11 is 0. The zero-order chi connectivity index (χ0) is 5.82. The summed E-state index contributed by atoms with van der Waals surface area (Å²) in [5.74, 6) is 0. The van der Waals surface area contributed by atoms with E-state index in [-0.39, 0.29) is 0 Å². The van der Waals surface area contributed by atoms with Gasteiger partial charge in [-0.05, 0) is 6.42 Å². The maximum absolute atomic E-state index is 9.99. The molecule has 1 aliphatic rings. The molecule has 1 heterocycles. The normalized spacial score (nSPS) is 18.8. The molecule has 8 heavy (non-hydrogen) atoms. The van der Waals surface area contributed by atoms with E-state index >= 15 is 0 Å². The van der Waals surface area contributed by atoms with Crippen molar-refractivity contribution in [3.05, 3.63) is 0 Å². The van der Waals surface area contributed by atoms with Crippen molar-refractivity contribution < 1.29 is 4.79 Å². The Morgan fingerprint density at radius 2 is 2.62 bits per heavy atom. The first-order valence-corrected chi connectivity index (χ1v) is 2.64. The van der Waals surface area contributed by atoms with Gasteiger partial charge in [-0.25, -0.2) is 0 Å². The molecular weight excluding hydrogens is 104 g/mol. The lowest BCUT2D eigenvalue weighted by molar-refractivity contribution is -0.114. The predicted octanol–water partition coefficient (Wildman–Crippen LogP) is -0.123. The van der Waals surface area contributed by atoms with Crippen LogP contribution in [0.2, 0.25) is 0 Å². The van der Waals surface area contributed by atoms with Crippen LogP contribution in [0.15, 0.2) is 4.99 Å². The Labute approximate surface area is 48.0 Å². The van der Waals surface area contributed by atoms with Crippen molar-refractivity contribution in [3.63, 3.8) is 0 Å². The Bertz CT molecular complexity index is 111. The molecule has 44 valence electrons. The van der Waals surface area contributed by atoms with Crippen LogP contribution in [0.3, 0.4) is 0 Å². The van der Waals surface area contributed by atoms with Gasteiger partial charge in [-0.1, -0.05) is 0 Å². The predicted molar refractivity (Wildman–Crippen MR) is 30.7 cm³/mol. The van der Waals surface area contributed by atoms with Crippen LogP contribution < -0.4 is 0 Å². The Balaban J connectivity index is 2.42. The third kappa shape index (κ3) is 1.05. The van der Waals surface area contributed by atoms with Gasteiger partial charge in [0.25, 0.3) is 0 Å². The van der Waals surface area contributed by atoms with Gasteiger partial charge < -0.3 is 4.90 Å². The number of carbonyl (C=O) groups excluding carboxylic acids is 1. The van der Waals surface area contributed by atoms with E-state index in [2.05, 4.69) is 4.99 Å². The van der Waals surface area contributed by atoms with Gasteiger partial charge in [0.2, 0.25) is 6.41 Å². The minimum absolute atomic E-state index is 0.794. The van der Waals surface area contributed by atoms with Crippen molar-refractivity contribution >= 4 is 12.7 Å². The number of nitrogens with zero attached hydrogens (tertiary/aromatic N) is 2. The lowest BCUT2D eigenvalue weighted by atomic mass is 10.4. The number of carbonyl (C=O) groups is 1. The number of amides is 1. The van der Waals surface area contributed by atoms with E-state index in [1.807, 2.05) is 0 Å². The average Bonchev–Trinajstić information content (AvgIpc) is 1.90. The Morgan fingerprint density at radius 1 is 1.75 bits per heavy atom. The minimum Gasteiger partial charge on any atom is -0.306 e. The second kappa shape index (κ2) is 2.45. The zero-order valence-corrected chi connectivity index (χ0v) is 4.58. The highest BCUT2D eigenvalue weighted by atomic mass is 16.1. The third-order valence-corrected chi connectivity index (χ3v) is 1.07. The lowest BCUT2D eigenvalue weighted by Crippen LogP contribution is -2.25. The maximum atomic E-state index is 9.99. The van der Waals surface area contributed by atoms with Crippen molar-refractivity contribution in [1.82, 2.24) is 4.90 Å². The van der Waals surface area contributed by atoms with E-state index < -0.39 is 0 Å². The van der Waals surface area contributed by atoms with Crippen molar-refractivity contribution in [1.29, 1.82) is 0 Å². The molecule has 3 heteroatoms. The molecule has 0 saturated carbocycles. The fourth-order valence-electron chi connectivity index (χ4n) is 0.645. The van der Waals surface area contributed by atoms with Crippen LogP contribution in [0.1, 0.15) is 6.42 Å². The van der Waals surface area contributed by atoms with Gasteiger partial charge in [0.05, 0.1) is 6.34 Å². The van der Waals surface area contributed by atoms with E-state index in [9.17, 15) is 4.79 Å². The first-order valence-electron chi connectivity index (χ1n) is 2.64. The molecular formula is C5H8N2O. The van der Waals surface area contributed by atoms with Crippen molar-refractivity contribution in [2.75, 3.05) is 13.1 Å². The molecule has 0 N–H and O–H groups in total. The summed E-state index contributed by atoms with van der Waals surface area (Å²) < 4.78 is 0. The van der Waals surface area contributed by atoms with E-state index in [4.69, 9.17) is 0 Å². The van der Waals surface area contributed by atoms with Crippen LogP contribution in [-0.4, -0.2) is 30.7 Å². The molecule has 0 unspecified atom stereocenters. The van der Waals surface area contributed by atoms with Crippen LogP contribution in [0.25, 0.3) is 0 Å². The van der Waals surface area contributed by atoms with Gasteiger partial charge in [0, 0.05) is 13.1 Å². The van der Waals surface area contributed by atoms with Crippen molar-refractivity contribution in [3.8, 4) is 0 Å². The standard InChI is InChI=1S/C5H8N2O/c8-5-7-3-1-2-6-4-7/h4-5H,1-3H2. The molecule has 0 bridgehead atoms. The van der Waals surface area contributed by atoms with E-state index in [1.54, 1.807) is 11.2 Å². The monoisotopic (exact) mass is 112 g/mol. The van der Waals surface area contributed by atoms with Crippen LogP contribution in [0.4, 0.5) is 0 Å². The number of hydrogen-bond acceptors (Lipinski definition) is 2. The quantitative estimate of drug-likeness (QED) is 0.435. The summed E-state index contributed by atoms with van der Waals surface area (Å²) in [6.45, 7) is 1.69. The molecule has 0 atom stereocenters. The Morgan fingerprint density at radius 3 is 3.00 bits per heavy atom. The summed E-state index contributed by atoms with van der Waals surface area (Å²) in [6, 6.07) is 0. The highest BCUT2D eigenvalue weighted by Gasteiger charge is 1.99. The van der Waals surface area contributed by atoms with Gasteiger partial charge >= 0.3 is 0 Å². The van der Waals surface area contributed by atoms with Crippen molar-refractivity contribution in [2.45, 2.75) is 6.42 Å². The largest absolute Gasteiger partial charge is 0.306 e. The molecule has 1 amide bonds. The summed E-state index contributed by atoms with van der Waals surface area (Å²) in [4.78, 5) is 15.4. The number of aliphatic imine (C=N–C) groups is 1. The van der Waals surface area contributed by atoms with Crippen LogP contribution in [0, 0.1) is 0 Å². The third-order valence-electron chi connectivity index (χ3n) is 1.07. The summed E-state index contributed by atoms with van der Waals surface area (Å²) in [7, 11) is 0. The number of rotatable bonds is 1. The SMILES string of the molecule is O=CN1C=NCCC1. The molecule has 0 aromatic carbocycles. The molecule has 0 aromatic heterocycles. The Kier molecular flexibility index (Phi) is 1.62. The second-order valence-electron chi connectivity index (χ2n) is 1.72. The van der Waals surface area contributed by atoms with Crippen LogP contribution >= 0.6 is 0 Å². The highest BCUT2D eigenvalue weighted by molar-refractivity contribution is 5.72. The lowest BCUT2D eigenvalue weighted by Gasteiger charge is -2.13. The molecule has 0 aromatic rings. The first kappa shape index (κ1) is 5.28. The fraction of sp³-hybridized carbons (Fsp3) is 0.600. The molecule has 0 aliphatic carbocycles. The van der Waals surface area contributed by atoms with Gasteiger partial charge in [-0.2, -0.15) is 0 Å². The Hall–Kier alpha value is -0.860. The smallest absolute Gasteiger partial charge is 0.214 e. The summed E-state index contributed by atoms with van der Waals surface area (Å²) in [5.41, 5.74) is 0. The molecule has 1 aliphatic heterocycles. The van der Waals surface area contributed by atoms with E-state index in [0.717, 1.165) is 25.9 Å². The van der Waals surface area contributed by atoms with Crippen LogP contribution in [0.5, 0.6) is 0 Å². The molecule has 0 spiro atoms. The second-order valence-corrected chi connectivity index (χ2v) is 1.72. The molecule has 0 fully saturated rings. The number of hydrogen-bond donors (Lipinski definition) is 0. The molecule has 1 rings (SSSR count). The van der Waals surface area contributed by atoms with Crippen molar-refractivity contribution in [2.24, 2.45) is 4.99 Å². The average molecular weight is 112 g/mol. The summed E-state index contributed by atoms with van der Waals surface area (Å²) in [5, 5.41) is 0. The zero-order valence-electron chi connectivity index (χ0n) is 4.58. The highest BCUT2D eigenvalue weighted by Crippen LogP contribution is 1.91. The van der Waals surface area contributed by atoms with E-state index in [0.29, 0.717) is 0 Å². The molecule has 0 saturated heterocycles. The molecule has 0 radical (unpaired) electrons. The maximum Gasteiger partial charge on any atom is 0.214 e. The van der Waals surface area contributed by atoms with Gasteiger partial charge in [-0.15, -0.1) is 0 Å². The fourth-order valence-corrected chi connectivity index (χ4v) is 0.645. The van der Waals surface area contributed by atoms with Crippen LogP contribution in [-0.2, 0) is 4.79 Å².